The van der Waals surface area contributed by atoms with E-state index in [9.17, 15) is 9.59 Å². The molecule has 7 heteroatoms. The number of fused-ring (bicyclic) bond motifs is 1. The number of halogens is 1. The molecule has 2 saturated heterocycles. The molecule has 1 aromatic carbocycles. The Morgan fingerprint density at radius 2 is 1.97 bits per heavy atom. The zero-order valence-electron chi connectivity index (χ0n) is 20.0. The van der Waals surface area contributed by atoms with E-state index in [0.717, 1.165) is 58.4 Å². The Balaban J connectivity index is 1.40. The van der Waals surface area contributed by atoms with Gasteiger partial charge < -0.3 is 20.5 Å². The first-order valence-corrected chi connectivity index (χ1v) is 13.2. The molecule has 3 aliphatic rings. The van der Waals surface area contributed by atoms with Gasteiger partial charge in [0.25, 0.3) is 11.8 Å². The van der Waals surface area contributed by atoms with E-state index in [1.54, 1.807) is 0 Å². The monoisotopic (exact) mass is 534 g/mol. The first kappa shape index (κ1) is 23.8. The van der Waals surface area contributed by atoms with Crippen molar-refractivity contribution in [3.05, 3.63) is 80.2 Å². The largest absolute Gasteiger partial charge is 0.358 e. The molecule has 2 amide bonds. The van der Waals surface area contributed by atoms with E-state index in [0.29, 0.717) is 23.4 Å². The van der Waals surface area contributed by atoms with Crippen molar-refractivity contribution in [3.63, 3.8) is 0 Å². The van der Waals surface area contributed by atoms with Crippen molar-refractivity contribution in [2.75, 3.05) is 26.2 Å². The quantitative estimate of drug-likeness (QED) is 0.347. The highest BCUT2D eigenvalue weighted by Crippen LogP contribution is 2.40. The number of rotatable bonds is 7. The highest BCUT2D eigenvalue weighted by atomic mass is 79.9. The fourth-order valence-corrected chi connectivity index (χ4v) is 5.48. The lowest BCUT2D eigenvalue weighted by Gasteiger charge is -2.17. The van der Waals surface area contributed by atoms with Gasteiger partial charge in [-0.2, -0.15) is 0 Å². The zero-order chi connectivity index (χ0) is 24.4. The number of benzene rings is 1. The Morgan fingerprint density at radius 3 is 2.74 bits per heavy atom. The fourth-order valence-electron chi connectivity index (χ4n) is 5.21. The highest BCUT2D eigenvalue weighted by molar-refractivity contribution is 9.10. The minimum absolute atomic E-state index is 0.109. The number of aromatic amines is 1. The summed E-state index contributed by atoms with van der Waals surface area (Å²) < 4.78 is 1.02. The summed E-state index contributed by atoms with van der Waals surface area (Å²) in [6, 6.07) is 10.1. The lowest BCUT2D eigenvalue weighted by molar-refractivity contribution is -0.115. The van der Waals surface area contributed by atoms with Gasteiger partial charge in [-0.3, -0.25) is 9.59 Å². The number of carbonyl (C=O) groups excluding carboxylic acids is 2. The van der Waals surface area contributed by atoms with Crippen molar-refractivity contribution in [1.29, 1.82) is 0 Å². The summed E-state index contributed by atoms with van der Waals surface area (Å²) in [6.07, 6.45) is 9.15. The molecule has 0 radical (unpaired) electrons. The van der Waals surface area contributed by atoms with E-state index in [-0.39, 0.29) is 11.8 Å². The second-order valence-corrected chi connectivity index (χ2v) is 10.4. The Kier molecular flexibility index (Phi) is 7.07. The molecule has 182 valence electrons. The number of amides is 2. The van der Waals surface area contributed by atoms with Gasteiger partial charge >= 0.3 is 0 Å². The second-order valence-electron chi connectivity index (χ2n) is 9.47. The molecule has 1 aliphatic carbocycles. The highest BCUT2D eigenvalue weighted by Gasteiger charge is 2.32. The number of aromatic nitrogens is 1. The van der Waals surface area contributed by atoms with E-state index < -0.39 is 0 Å². The Labute approximate surface area is 214 Å². The van der Waals surface area contributed by atoms with E-state index in [1.165, 1.54) is 25.9 Å². The van der Waals surface area contributed by atoms with Crippen LogP contribution in [0.2, 0.25) is 0 Å². The van der Waals surface area contributed by atoms with Crippen LogP contribution in [-0.4, -0.2) is 47.9 Å². The summed E-state index contributed by atoms with van der Waals surface area (Å²) in [5.74, 6) is -0.241. The summed E-state index contributed by atoms with van der Waals surface area (Å²) in [4.78, 5) is 31.8. The minimum Gasteiger partial charge on any atom is -0.358 e. The Bertz CT molecular complexity index is 1230. The first-order valence-electron chi connectivity index (χ1n) is 12.4. The van der Waals surface area contributed by atoms with Gasteiger partial charge in [0, 0.05) is 28.0 Å². The molecule has 0 atom stereocenters. The van der Waals surface area contributed by atoms with E-state index in [1.807, 2.05) is 31.2 Å². The molecular weight excluding hydrogens is 504 g/mol. The number of likely N-dealkylation sites (tertiary alicyclic amines) is 1. The molecule has 5 rings (SSSR count). The number of H-pyrrole nitrogens is 1. The minimum atomic E-state index is -0.132. The van der Waals surface area contributed by atoms with Crippen LogP contribution in [0.4, 0.5) is 0 Å². The molecule has 2 aliphatic heterocycles. The van der Waals surface area contributed by atoms with Gasteiger partial charge in [0.15, 0.2) is 0 Å². The summed E-state index contributed by atoms with van der Waals surface area (Å²) in [6.45, 7) is 5.92. The topological polar surface area (TPSA) is 77.2 Å². The van der Waals surface area contributed by atoms with E-state index in [2.05, 4.69) is 54.7 Å². The lowest BCUT2D eigenvalue weighted by Crippen LogP contribution is -2.28. The van der Waals surface area contributed by atoms with Crippen LogP contribution in [0.25, 0.3) is 11.6 Å². The van der Waals surface area contributed by atoms with Gasteiger partial charge in [0.1, 0.15) is 0 Å². The number of allylic oxidation sites excluding steroid dienone is 3. The molecule has 3 heterocycles. The Morgan fingerprint density at radius 1 is 1.20 bits per heavy atom. The SMILES string of the molecule is Cc1cc(C(=O)NCCCN2CCCC2)c(/C=C2\C(=O)NC3=CCCC(c4ccc(Br)cc4)=C32)[nH]1. The number of hydrogen-bond donors (Lipinski definition) is 3. The van der Waals surface area contributed by atoms with E-state index >= 15 is 0 Å². The third kappa shape index (κ3) is 5.21. The van der Waals surface area contributed by atoms with Crippen LogP contribution >= 0.6 is 15.9 Å². The molecule has 2 fully saturated rings. The average molecular weight is 535 g/mol. The average Bonchev–Trinajstić information content (AvgIpc) is 3.57. The summed E-state index contributed by atoms with van der Waals surface area (Å²) >= 11 is 3.51. The van der Waals surface area contributed by atoms with Crippen LogP contribution in [0.5, 0.6) is 0 Å². The maximum atomic E-state index is 13.0. The van der Waals surface area contributed by atoms with Crippen LogP contribution < -0.4 is 10.6 Å². The smallest absolute Gasteiger partial charge is 0.256 e. The molecule has 6 nitrogen and oxygen atoms in total. The number of hydrogen-bond acceptors (Lipinski definition) is 3. The van der Waals surface area contributed by atoms with Crippen LogP contribution in [0.1, 0.15) is 59.4 Å². The number of nitrogens with one attached hydrogen (secondary N) is 3. The standard InChI is InChI=1S/C28H31BrN4O2/c1-18-16-22(27(34)30-12-5-15-33-13-2-3-14-33)25(31-18)17-23-26-21(19-8-10-20(29)11-9-19)6-4-7-24(26)32-28(23)35/h7-11,16-17,31H,2-6,12-15H2,1H3,(H,30,34)(H,32,35)/b23-17-. The Hall–Kier alpha value is -2.90. The van der Waals surface area contributed by atoms with Crippen molar-refractivity contribution < 1.29 is 9.59 Å². The second kappa shape index (κ2) is 10.4. The molecule has 1 aromatic heterocycles. The predicted molar refractivity (Wildman–Crippen MR) is 143 cm³/mol. The molecule has 0 saturated carbocycles. The third-order valence-electron chi connectivity index (χ3n) is 6.92. The maximum absolute atomic E-state index is 13.0. The first-order chi connectivity index (χ1) is 17.0. The van der Waals surface area contributed by atoms with Crippen LogP contribution in [-0.2, 0) is 4.79 Å². The van der Waals surface area contributed by atoms with Crippen molar-refractivity contribution >= 4 is 39.4 Å². The van der Waals surface area contributed by atoms with Crippen molar-refractivity contribution in [1.82, 2.24) is 20.5 Å². The fraction of sp³-hybridized carbons (Fsp3) is 0.357. The van der Waals surface area contributed by atoms with Crippen molar-refractivity contribution in [2.24, 2.45) is 0 Å². The molecule has 0 bridgehead atoms. The van der Waals surface area contributed by atoms with Gasteiger partial charge in [-0.25, -0.2) is 0 Å². The molecule has 0 spiro atoms. The third-order valence-corrected chi connectivity index (χ3v) is 7.45. The number of aryl methyl sites for hydroxylation is 1. The normalized spacial score (nSPS) is 19.2. The lowest BCUT2D eigenvalue weighted by atomic mass is 9.87. The van der Waals surface area contributed by atoms with Gasteiger partial charge in [-0.15, -0.1) is 0 Å². The molecule has 3 N–H and O–H groups in total. The van der Waals surface area contributed by atoms with Gasteiger partial charge in [-0.05, 0) is 94.1 Å². The van der Waals surface area contributed by atoms with Crippen molar-refractivity contribution in [3.8, 4) is 0 Å². The van der Waals surface area contributed by atoms with Crippen LogP contribution in [0.3, 0.4) is 0 Å². The van der Waals surface area contributed by atoms with Crippen LogP contribution in [0.15, 0.2) is 57.7 Å². The molecule has 35 heavy (non-hydrogen) atoms. The zero-order valence-corrected chi connectivity index (χ0v) is 21.6. The molecular formula is C28H31BrN4O2. The van der Waals surface area contributed by atoms with E-state index in [4.69, 9.17) is 0 Å². The molecule has 0 unspecified atom stereocenters. The summed E-state index contributed by atoms with van der Waals surface area (Å²) in [5.41, 5.74) is 6.78. The summed E-state index contributed by atoms with van der Waals surface area (Å²) in [7, 11) is 0. The van der Waals surface area contributed by atoms with Crippen molar-refractivity contribution in [2.45, 2.75) is 39.0 Å². The summed E-state index contributed by atoms with van der Waals surface area (Å²) in [5, 5.41) is 6.09. The molecule has 2 aromatic rings. The van der Waals surface area contributed by atoms with Gasteiger partial charge in [0.05, 0.1) is 16.8 Å². The number of carbonyl (C=O) groups is 2. The van der Waals surface area contributed by atoms with Gasteiger partial charge in [-0.1, -0.05) is 34.1 Å². The predicted octanol–water partition coefficient (Wildman–Crippen LogP) is 4.95. The maximum Gasteiger partial charge on any atom is 0.256 e. The number of nitrogens with zero attached hydrogens (tertiary/aromatic N) is 1. The van der Waals surface area contributed by atoms with Gasteiger partial charge in [0.2, 0.25) is 0 Å². The van der Waals surface area contributed by atoms with Crippen LogP contribution in [0, 0.1) is 6.92 Å².